The molecule has 3 rings (SSSR count). The van der Waals surface area contributed by atoms with Gasteiger partial charge in [0, 0.05) is 38.1 Å². The first kappa shape index (κ1) is 13.7. The van der Waals surface area contributed by atoms with E-state index in [4.69, 9.17) is 17.3 Å². The normalized spacial score (nSPS) is 15.7. The smallest absolute Gasteiger partial charge is 0.185 e. The number of hydrogen-bond acceptors (Lipinski definition) is 5. The van der Waals surface area contributed by atoms with Crippen molar-refractivity contribution in [1.82, 2.24) is 4.98 Å². The quantitative estimate of drug-likeness (QED) is 0.946. The number of para-hydroxylation sites is 1. The van der Waals surface area contributed by atoms with Crippen molar-refractivity contribution in [2.24, 2.45) is 5.73 Å². The van der Waals surface area contributed by atoms with E-state index in [0.29, 0.717) is 6.54 Å². The Labute approximate surface area is 127 Å². The van der Waals surface area contributed by atoms with Gasteiger partial charge in [0.2, 0.25) is 0 Å². The molecule has 6 heteroatoms. The molecule has 0 spiro atoms. The van der Waals surface area contributed by atoms with Gasteiger partial charge in [-0.1, -0.05) is 23.7 Å². The van der Waals surface area contributed by atoms with Crippen LogP contribution in [0, 0.1) is 0 Å². The summed E-state index contributed by atoms with van der Waals surface area (Å²) < 4.78 is 0. The SMILES string of the molecule is NCc1csc(N2CCN(c3ccccc3Cl)CC2)n1. The van der Waals surface area contributed by atoms with E-state index in [1.807, 2.05) is 23.6 Å². The molecule has 2 heterocycles. The van der Waals surface area contributed by atoms with Crippen LogP contribution >= 0.6 is 22.9 Å². The molecule has 2 aromatic rings. The minimum absolute atomic E-state index is 0.510. The zero-order chi connectivity index (χ0) is 13.9. The Bertz CT molecular complexity index is 578. The second kappa shape index (κ2) is 5.99. The van der Waals surface area contributed by atoms with Crippen molar-refractivity contribution in [1.29, 1.82) is 0 Å². The van der Waals surface area contributed by atoms with E-state index >= 15 is 0 Å². The number of rotatable bonds is 3. The van der Waals surface area contributed by atoms with Crippen molar-refractivity contribution >= 4 is 33.8 Å². The Hall–Kier alpha value is -1.30. The molecule has 2 N–H and O–H groups in total. The summed E-state index contributed by atoms with van der Waals surface area (Å²) >= 11 is 7.92. The molecule has 1 aliphatic heterocycles. The van der Waals surface area contributed by atoms with E-state index in [1.54, 1.807) is 11.3 Å². The van der Waals surface area contributed by atoms with Crippen molar-refractivity contribution < 1.29 is 0 Å². The summed E-state index contributed by atoms with van der Waals surface area (Å²) in [6.07, 6.45) is 0. The van der Waals surface area contributed by atoms with Crippen LogP contribution in [0.2, 0.25) is 5.02 Å². The zero-order valence-corrected chi connectivity index (χ0v) is 12.7. The van der Waals surface area contributed by atoms with Gasteiger partial charge in [0.25, 0.3) is 0 Å². The number of halogens is 1. The molecule has 20 heavy (non-hydrogen) atoms. The monoisotopic (exact) mass is 308 g/mol. The third-order valence-electron chi connectivity index (χ3n) is 3.49. The third-order valence-corrected chi connectivity index (χ3v) is 4.76. The fraction of sp³-hybridized carbons (Fsp3) is 0.357. The van der Waals surface area contributed by atoms with Crippen LogP contribution in [0.5, 0.6) is 0 Å². The molecule has 0 amide bonds. The molecule has 1 aliphatic rings. The average Bonchev–Trinajstić information content (AvgIpc) is 2.97. The first-order valence-electron chi connectivity index (χ1n) is 6.67. The predicted octanol–water partition coefficient (Wildman–Crippen LogP) is 2.58. The molecule has 0 radical (unpaired) electrons. The van der Waals surface area contributed by atoms with Gasteiger partial charge in [0.05, 0.1) is 16.4 Å². The number of anilines is 2. The van der Waals surface area contributed by atoms with Gasteiger partial charge in [-0.3, -0.25) is 0 Å². The Morgan fingerprint density at radius 2 is 1.85 bits per heavy atom. The lowest BCUT2D eigenvalue weighted by molar-refractivity contribution is 0.651. The molecule has 1 aromatic carbocycles. The minimum atomic E-state index is 0.510. The summed E-state index contributed by atoms with van der Waals surface area (Å²) in [7, 11) is 0. The van der Waals surface area contributed by atoms with Gasteiger partial charge in [0.1, 0.15) is 0 Å². The summed E-state index contributed by atoms with van der Waals surface area (Å²) in [5.74, 6) is 0. The van der Waals surface area contributed by atoms with Crippen LogP contribution in [-0.4, -0.2) is 31.2 Å². The van der Waals surface area contributed by atoms with Crippen LogP contribution in [0.4, 0.5) is 10.8 Å². The maximum absolute atomic E-state index is 6.25. The maximum Gasteiger partial charge on any atom is 0.185 e. The molecule has 1 aromatic heterocycles. The number of nitrogens with two attached hydrogens (primary N) is 1. The lowest BCUT2D eigenvalue weighted by Gasteiger charge is -2.36. The van der Waals surface area contributed by atoms with Gasteiger partial charge < -0.3 is 15.5 Å². The Morgan fingerprint density at radius 3 is 2.50 bits per heavy atom. The molecule has 0 bridgehead atoms. The Kier molecular flexibility index (Phi) is 4.10. The molecule has 0 saturated carbocycles. The number of nitrogens with zero attached hydrogens (tertiary/aromatic N) is 3. The van der Waals surface area contributed by atoms with Gasteiger partial charge in [-0.15, -0.1) is 11.3 Å². The molecular weight excluding hydrogens is 292 g/mol. The van der Waals surface area contributed by atoms with Crippen molar-refractivity contribution in [2.75, 3.05) is 36.0 Å². The van der Waals surface area contributed by atoms with Crippen LogP contribution in [0.1, 0.15) is 5.69 Å². The van der Waals surface area contributed by atoms with Crippen LogP contribution in [0.3, 0.4) is 0 Å². The molecule has 1 fully saturated rings. The highest BCUT2D eigenvalue weighted by Gasteiger charge is 2.20. The molecule has 4 nitrogen and oxygen atoms in total. The largest absolute Gasteiger partial charge is 0.367 e. The molecule has 1 saturated heterocycles. The highest BCUT2D eigenvalue weighted by Crippen LogP contribution is 2.28. The predicted molar refractivity (Wildman–Crippen MR) is 85.9 cm³/mol. The molecule has 0 aliphatic carbocycles. The highest BCUT2D eigenvalue weighted by atomic mass is 35.5. The first-order valence-corrected chi connectivity index (χ1v) is 7.92. The number of hydrogen-bond donors (Lipinski definition) is 1. The second-order valence-corrected chi connectivity index (χ2v) is 5.99. The molecule has 0 unspecified atom stereocenters. The molecule has 106 valence electrons. The lowest BCUT2D eigenvalue weighted by Crippen LogP contribution is -2.46. The van der Waals surface area contributed by atoms with Crippen molar-refractivity contribution in [2.45, 2.75) is 6.54 Å². The van der Waals surface area contributed by atoms with Crippen molar-refractivity contribution in [3.05, 3.63) is 40.4 Å². The molecule has 0 atom stereocenters. The van der Waals surface area contributed by atoms with Gasteiger partial charge in [0.15, 0.2) is 5.13 Å². The number of thiazole rings is 1. The van der Waals surface area contributed by atoms with Gasteiger partial charge in [-0.2, -0.15) is 0 Å². The fourth-order valence-corrected chi connectivity index (χ4v) is 3.53. The zero-order valence-electron chi connectivity index (χ0n) is 11.1. The van der Waals surface area contributed by atoms with Crippen molar-refractivity contribution in [3.8, 4) is 0 Å². The summed E-state index contributed by atoms with van der Waals surface area (Å²) in [6.45, 7) is 4.35. The summed E-state index contributed by atoms with van der Waals surface area (Å²) in [5, 5.41) is 3.93. The van der Waals surface area contributed by atoms with E-state index in [2.05, 4.69) is 20.9 Å². The minimum Gasteiger partial charge on any atom is -0.367 e. The van der Waals surface area contributed by atoms with Crippen molar-refractivity contribution in [3.63, 3.8) is 0 Å². The summed E-state index contributed by atoms with van der Waals surface area (Å²) in [5.41, 5.74) is 7.70. The van der Waals surface area contributed by atoms with E-state index in [1.165, 1.54) is 0 Å². The molecular formula is C14H17ClN4S. The van der Waals surface area contributed by atoms with E-state index in [-0.39, 0.29) is 0 Å². The summed E-state index contributed by atoms with van der Waals surface area (Å²) in [4.78, 5) is 9.19. The lowest BCUT2D eigenvalue weighted by atomic mass is 10.2. The third kappa shape index (κ3) is 2.75. The van der Waals surface area contributed by atoms with E-state index < -0.39 is 0 Å². The topological polar surface area (TPSA) is 45.4 Å². The Morgan fingerprint density at radius 1 is 1.15 bits per heavy atom. The number of aromatic nitrogens is 1. The van der Waals surface area contributed by atoms with Crippen LogP contribution < -0.4 is 15.5 Å². The fourth-order valence-electron chi connectivity index (χ4n) is 2.38. The summed E-state index contributed by atoms with van der Waals surface area (Å²) in [6, 6.07) is 8.01. The number of benzene rings is 1. The van der Waals surface area contributed by atoms with Gasteiger partial charge >= 0.3 is 0 Å². The highest BCUT2D eigenvalue weighted by molar-refractivity contribution is 7.13. The maximum atomic E-state index is 6.25. The van der Waals surface area contributed by atoms with Crippen LogP contribution in [0.15, 0.2) is 29.6 Å². The first-order chi connectivity index (χ1) is 9.78. The van der Waals surface area contributed by atoms with Gasteiger partial charge in [-0.05, 0) is 12.1 Å². The van der Waals surface area contributed by atoms with E-state index in [9.17, 15) is 0 Å². The average molecular weight is 309 g/mol. The second-order valence-electron chi connectivity index (χ2n) is 4.75. The van der Waals surface area contributed by atoms with Crippen LogP contribution in [0.25, 0.3) is 0 Å². The Balaban J connectivity index is 1.66. The van der Waals surface area contributed by atoms with Gasteiger partial charge in [-0.25, -0.2) is 4.98 Å². The number of piperazine rings is 1. The van der Waals surface area contributed by atoms with E-state index in [0.717, 1.165) is 47.7 Å². The standard InChI is InChI=1S/C14H17ClN4S/c15-12-3-1-2-4-13(12)18-5-7-19(8-6-18)14-17-11(9-16)10-20-14/h1-4,10H,5-9,16H2. The van der Waals surface area contributed by atoms with Crippen LogP contribution in [-0.2, 0) is 6.54 Å².